The van der Waals surface area contributed by atoms with Gasteiger partial charge in [-0.1, -0.05) is 63.2 Å². The summed E-state index contributed by atoms with van der Waals surface area (Å²) in [4.78, 5) is 101. The molecule has 1 unspecified atom stereocenters. The Bertz CT molecular complexity index is 1650. The number of carbonyl (C=O) groups excluding carboxylic acids is 7. The summed E-state index contributed by atoms with van der Waals surface area (Å²) < 4.78 is 0. The van der Waals surface area contributed by atoms with Crippen molar-refractivity contribution in [3.63, 3.8) is 0 Å². The normalized spacial score (nSPS) is 14.1. The number of aliphatic hydroxyl groups excluding tert-OH is 1. The van der Waals surface area contributed by atoms with Crippen LogP contribution in [0.3, 0.4) is 0 Å². The molecule has 18 nitrogen and oxygen atoms in total. The maximum absolute atomic E-state index is 13.6. The Balaban J connectivity index is 2.14. The maximum atomic E-state index is 13.6. The van der Waals surface area contributed by atoms with Gasteiger partial charge in [0.05, 0.1) is 6.54 Å². The van der Waals surface area contributed by atoms with Crippen LogP contribution in [0.1, 0.15) is 58.1 Å². The number of phenols is 1. The molecule has 0 fully saturated rings. The molecule has 300 valence electrons. The van der Waals surface area contributed by atoms with E-state index in [-0.39, 0.29) is 43.3 Å². The number of carbonyl (C=O) groups is 8. The number of primary amides is 1. The molecule has 7 amide bonds. The lowest BCUT2D eigenvalue weighted by Gasteiger charge is -2.27. The van der Waals surface area contributed by atoms with Gasteiger partial charge in [-0.3, -0.25) is 33.6 Å². The molecule has 0 saturated heterocycles. The Labute approximate surface area is 318 Å². The summed E-state index contributed by atoms with van der Waals surface area (Å²) in [6, 6.07) is 7.41. The predicted octanol–water partition coefficient (Wildman–Crippen LogP) is -1.49. The van der Waals surface area contributed by atoms with Crippen LogP contribution in [0.15, 0.2) is 54.6 Å². The molecule has 0 bridgehead atoms. The van der Waals surface area contributed by atoms with Crippen LogP contribution >= 0.6 is 0 Å². The zero-order valence-electron chi connectivity index (χ0n) is 31.2. The summed E-state index contributed by atoms with van der Waals surface area (Å²) in [6.45, 7) is 6.16. The number of benzene rings is 2. The smallest absolute Gasteiger partial charge is 0.329 e. The lowest BCUT2D eigenvalue weighted by Crippen LogP contribution is -2.60. The fourth-order valence-corrected chi connectivity index (χ4v) is 5.24. The third-order valence-corrected chi connectivity index (χ3v) is 8.13. The largest absolute Gasteiger partial charge is 0.508 e. The van der Waals surface area contributed by atoms with Gasteiger partial charge in [0.2, 0.25) is 41.4 Å². The summed E-state index contributed by atoms with van der Waals surface area (Å²) in [6.07, 6.45) is -1.53. The van der Waals surface area contributed by atoms with E-state index in [1.165, 1.54) is 31.2 Å². The van der Waals surface area contributed by atoms with Crippen molar-refractivity contribution >= 4 is 47.3 Å². The highest BCUT2D eigenvalue weighted by Gasteiger charge is 2.36. The Hall–Kier alpha value is -6.04. The number of hydrogen-bond acceptors (Lipinski definition) is 10. The van der Waals surface area contributed by atoms with E-state index in [0.29, 0.717) is 12.0 Å². The van der Waals surface area contributed by atoms with Gasteiger partial charge in [-0.15, -0.1) is 0 Å². The predicted molar refractivity (Wildman–Crippen MR) is 197 cm³/mol. The van der Waals surface area contributed by atoms with E-state index in [0.717, 1.165) is 5.56 Å². The SMILES string of the molecule is CCCC(=O)N[C@@H](Cc1ccccc1)C(=O)NCC(=O)N[C@@H](C)C(=O)N[C@@H](CC(C)C)C(=O)N[C@@H](Cc1ccc(O)cc1)C(=O)N[C@H](C(=O)O)C(O)C(N)=O. The molecule has 6 atom stereocenters. The number of aliphatic carboxylic acids is 1. The van der Waals surface area contributed by atoms with Crippen LogP contribution in [0.25, 0.3) is 0 Å². The number of carboxylic acids is 1. The second kappa shape index (κ2) is 22.2. The van der Waals surface area contributed by atoms with Gasteiger partial charge in [0.25, 0.3) is 0 Å². The summed E-state index contributed by atoms with van der Waals surface area (Å²) in [5, 5.41) is 43.8. The number of aromatic hydroxyl groups is 1. The summed E-state index contributed by atoms with van der Waals surface area (Å²) >= 11 is 0. The van der Waals surface area contributed by atoms with Gasteiger partial charge in [0, 0.05) is 19.3 Å². The molecule has 2 aromatic rings. The van der Waals surface area contributed by atoms with E-state index in [1.807, 2.05) is 18.3 Å². The lowest BCUT2D eigenvalue weighted by molar-refractivity contribution is -0.149. The van der Waals surface area contributed by atoms with Crippen molar-refractivity contribution < 1.29 is 53.7 Å². The van der Waals surface area contributed by atoms with E-state index in [2.05, 4.69) is 26.6 Å². The first-order chi connectivity index (χ1) is 25.9. The molecule has 0 spiro atoms. The first-order valence-electron chi connectivity index (χ1n) is 17.7. The van der Waals surface area contributed by atoms with E-state index >= 15 is 0 Å². The van der Waals surface area contributed by atoms with Gasteiger partial charge in [-0.2, -0.15) is 0 Å². The second-order valence-electron chi connectivity index (χ2n) is 13.4. The molecule has 55 heavy (non-hydrogen) atoms. The molecule has 0 radical (unpaired) electrons. The summed E-state index contributed by atoms with van der Waals surface area (Å²) in [7, 11) is 0. The minimum atomic E-state index is -2.30. The number of hydrogen-bond donors (Lipinski definition) is 10. The highest BCUT2D eigenvalue weighted by Crippen LogP contribution is 2.13. The number of phenolic OH excluding ortho intramolecular Hbond substituents is 1. The summed E-state index contributed by atoms with van der Waals surface area (Å²) in [5.74, 6) is -7.89. The van der Waals surface area contributed by atoms with Crippen LogP contribution in [-0.4, -0.2) is 105 Å². The van der Waals surface area contributed by atoms with Crippen molar-refractivity contribution in [2.75, 3.05) is 6.54 Å². The molecule has 0 aliphatic carbocycles. The molecule has 0 aromatic heterocycles. The standard InChI is InChI=1S/C37H51N7O11/c1-5-9-28(46)41-26(17-22-10-7-6-8-11-22)34(51)39-19-29(47)40-21(4)33(50)42-25(16-20(2)3)35(52)43-27(18-23-12-14-24(45)15-13-23)36(53)44-30(37(54)55)31(48)32(38)49/h6-8,10-15,20-21,25-27,30-31,45,48H,5,9,16-19H2,1-4H3,(H2,38,49)(H,39,51)(H,40,47)(H,41,46)(H,42,50)(H,43,52)(H,44,53)(H,54,55)/t21-,25-,26-,27-,30-,31?/m0/s1. The third-order valence-electron chi connectivity index (χ3n) is 8.13. The molecule has 0 heterocycles. The zero-order chi connectivity index (χ0) is 41.2. The van der Waals surface area contributed by atoms with Crippen molar-refractivity contribution in [3.8, 4) is 5.75 Å². The summed E-state index contributed by atoms with van der Waals surface area (Å²) in [5.41, 5.74) is 6.23. The highest BCUT2D eigenvalue weighted by atomic mass is 16.4. The Morgan fingerprint density at radius 1 is 0.673 bits per heavy atom. The van der Waals surface area contributed by atoms with Gasteiger partial charge in [-0.05, 0) is 48.9 Å². The molecule has 0 aliphatic heterocycles. The van der Waals surface area contributed by atoms with Gasteiger partial charge in [0.15, 0.2) is 12.1 Å². The lowest BCUT2D eigenvalue weighted by atomic mass is 10.00. The molecule has 2 rings (SSSR count). The van der Waals surface area contributed by atoms with Crippen LogP contribution in [0.5, 0.6) is 5.75 Å². The Morgan fingerprint density at radius 3 is 1.76 bits per heavy atom. The monoisotopic (exact) mass is 769 g/mol. The minimum absolute atomic E-state index is 0.0620. The quantitative estimate of drug-likeness (QED) is 0.0659. The van der Waals surface area contributed by atoms with Crippen molar-refractivity contribution in [3.05, 3.63) is 65.7 Å². The highest BCUT2D eigenvalue weighted by molar-refractivity contribution is 5.97. The number of nitrogens with two attached hydrogens (primary N) is 1. The average molecular weight is 770 g/mol. The van der Waals surface area contributed by atoms with Gasteiger partial charge in [0.1, 0.15) is 29.9 Å². The van der Waals surface area contributed by atoms with E-state index < -0.39 is 84.3 Å². The zero-order valence-corrected chi connectivity index (χ0v) is 31.2. The van der Waals surface area contributed by atoms with Crippen LogP contribution in [0, 0.1) is 5.92 Å². The second-order valence-corrected chi connectivity index (χ2v) is 13.4. The number of carboxylic acid groups (broad SMARTS) is 1. The van der Waals surface area contributed by atoms with Crippen molar-refractivity contribution in [2.45, 2.75) is 96.1 Å². The molecule has 11 N–H and O–H groups in total. The van der Waals surface area contributed by atoms with Crippen LogP contribution in [-0.2, 0) is 51.2 Å². The fraction of sp³-hybridized carbons (Fsp3) is 0.459. The molecular formula is C37H51N7O11. The minimum Gasteiger partial charge on any atom is -0.508 e. The number of amides is 7. The van der Waals surface area contributed by atoms with E-state index in [4.69, 9.17) is 5.73 Å². The molecule has 0 aliphatic rings. The van der Waals surface area contributed by atoms with Crippen LogP contribution in [0.4, 0.5) is 0 Å². The number of rotatable bonds is 22. The fourth-order valence-electron chi connectivity index (χ4n) is 5.24. The van der Waals surface area contributed by atoms with Crippen molar-refractivity contribution in [1.82, 2.24) is 31.9 Å². The molecular weight excluding hydrogens is 718 g/mol. The molecule has 0 saturated carbocycles. The molecule has 18 heteroatoms. The average Bonchev–Trinajstić information content (AvgIpc) is 3.12. The van der Waals surface area contributed by atoms with Crippen molar-refractivity contribution in [2.24, 2.45) is 11.7 Å². The molecule has 2 aromatic carbocycles. The first kappa shape index (κ1) is 45.1. The van der Waals surface area contributed by atoms with Crippen LogP contribution in [0.2, 0.25) is 0 Å². The van der Waals surface area contributed by atoms with Gasteiger partial charge in [-0.25, -0.2) is 4.79 Å². The Morgan fingerprint density at radius 2 is 1.22 bits per heavy atom. The van der Waals surface area contributed by atoms with E-state index in [9.17, 15) is 53.7 Å². The number of aliphatic hydroxyl groups is 1. The van der Waals surface area contributed by atoms with Gasteiger partial charge < -0.3 is 53.0 Å². The Kier molecular flexibility index (Phi) is 18.2. The van der Waals surface area contributed by atoms with Crippen LogP contribution < -0.4 is 37.6 Å². The van der Waals surface area contributed by atoms with E-state index in [1.54, 1.807) is 38.1 Å². The topological polar surface area (TPSA) is 295 Å². The first-order valence-corrected chi connectivity index (χ1v) is 17.7. The maximum Gasteiger partial charge on any atom is 0.329 e. The number of nitrogens with one attached hydrogen (secondary N) is 6. The van der Waals surface area contributed by atoms with Gasteiger partial charge >= 0.3 is 5.97 Å². The van der Waals surface area contributed by atoms with Crippen molar-refractivity contribution in [1.29, 1.82) is 0 Å². The third kappa shape index (κ3) is 15.8.